The molecule has 2 atom stereocenters. The quantitative estimate of drug-likeness (QED) is 0.0214. The minimum atomic E-state index is -1.52. The first kappa shape index (κ1) is 54.7. The van der Waals surface area contributed by atoms with E-state index in [9.17, 15) is 19.5 Å². The number of unbranched alkanes of at least 4 members (excludes halogenated alkanes) is 13. The molecule has 58 heavy (non-hydrogen) atoms. The van der Waals surface area contributed by atoms with Crippen molar-refractivity contribution in [2.24, 2.45) is 0 Å². The largest absolute Gasteiger partial charge is 0.477 e. The summed E-state index contributed by atoms with van der Waals surface area (Å²) in [7, 11) is 5.93. The van der Waals surface area contributed by atoms with Gasteiger partial charge in [0.25, 0.3) is 6.29 Å². The van der Waals surface area contributed by atoms with Crippen molar-refractivity contribution in [2.75, 3.05) is 47.5 Å². The van der Waals surface area contributed by atoms with Crippen LogP contribution < -0.4 is 0 Å². The topological polar surface area (TPSA) is 108 Å². The van der Waals surface area contributed by atoms with E-state index in [1.807, 2.05) is 21.1 Å². The maximum Gasteiger partial charge on any atom is 0.361 e. The summed E-state index contributed by atoms with van der Waals surface area (Å²) in [5.74, 6) is -2.07. The number of hydrogen-bond acceptors (Lipinski definition) is 7. The van der Waals surface area contributed by atoms with E-state index in [-0.39, 0.29) is 38.6 Å². The van der Waals surface area contributed by atoms with Crippen LogP contribution in [0.5, 0.6) is 0 Å². The Bertz CT molecular complexity index is 1180. The Morgan fingerprint density at radius 3 is 1.50 bits per heavy atom. The van der Waals surface area contributed by atoms with Gasteiger partial charge in [-0.25, -0.2) is 4.79 Å². The predicted molar refractivity (Wildman–Crippen MR) is 239 cm³/mol. The van der Waals surface area contributed by atoms with E-state index >= 15 is 0 Å². The Kier molecular flexibility index (Phi) is 38.2. The molecule has 0 spiro atoms. The molecule has 0 saturated heterocycles. The normalized spacial score (nSPS) is 13.6. The molecule has 0 radical (unpaired) electrons. The monoisotopic (exact) mass is 815 g/mol. The molecule has 0 amide bonds. The summed E-state index contributed by atoms with van der Waals surface area (Å²) in [5.41, 5.74) is 0. The lowest BCUT2D eigenvalue weighted by molar-refractivity contribution is -0.870. The van der Waals surface area contributed by atoms with E-state index in [4.69, 9.17) is 18.9 Å². The van der Waals surface area contributed by atoms with Crippen LogP contribution in [-0.2, 0) is 33.3 Å². The van der Waals surface area contributed by atoms with Crippen molar-refractivity contribution in [2.45, 2.75) is 174 Å². The number of hydrogen-bond donors (Lipinski definition) is 1. The summed E-state index contributed by atoms with van der Waals surface area (Å²) < 4.78 is 22.7. The first-order chi connectivity index (χ1) is 28.1. The van der Waals surface area contributed by atoms with Gasteiger partial charge in [-0.2, -0.15) is 0 Å². The molecule has 0 aliphatic rings. The molecule has 0 aromatic heterocycles. The van der Waals surface area contributed by atoms with Crippen molar-refractivity contribution in [1.29, 1.82) is 0 Å². The first-order valence-corrected chi connectivity index (χ1v) is 22.6. The molecule has 0 aliphatic carbocycles. The number of aliphatic carboxylic acids is 1. The molecule has 0 aliphatic heterocycles. The van der Waals surface area contributed by atoms with Gasteiger partial charge in [0.05, 0.1) is 34.4 Å². The highest BCUT2D eigenvalue weighted by molar-refractivity contribution is 5.71. The first-order valence-electron chi connectivity index (χ1n) is 22.6. The third-order valence-electron chi connectivity index (χ3n) is 9.20. The lowest BCUT2D eigenvalue weighted by Gasteiger charge is -2.25. The highest BCUT2D eigenvalue weighted by Crippen LogP contribution is 2.12. The second-order valence-electron chi connectivity index (χ2n) is 16.0. The van der Waals surface area contributed by atoms with Gasteiger partial charge < -0.3 is 28.5 Å². The van der Waals surface area contributed by atoms with Crippen LogP contribution in [0.4, 0.5) is 0 Å². The van der Waals surface area contributed by atoms with Crippen LogP contribution in [-0.4, -0.2) is 87.4 Å². The van der Waals surface area contributed by atoms with Crippen molar-refractivity contribution in [3.63, 3.8) is 0 Å². The van der Waals surface area contributed by atoms with E-state index in [0.717, 1.165) is 89.9 Å². The van der Waals surface area contributed by atoms with Gasteiger partial charge in [-0.15, -0.1) is 0 Å². The van der Waals surface area contributed by atoms with Gasteiger partial charge in [-0.3, -0.25) is 9.59 Å². The van der Waals surface area contributed by atoms with Gasteiger partial charge in [0.15, 0.2) is 6.10 Å². The van der Waals surface area contributed by atoms with Gasteiger partial charge >= 0.3 is 17.9 Å². The van der Waals surface area contributed by atoms with Crippen molar-refractivity contribution in [3.8, 4) is 0 Å². The van der Waals surface area contributed by atoms with E-state index in [0.29, 0.717) is 17.4 Å². The van der Waals surface area contributed by atoms with Crippen LogP contribution in [0, 0.1) is 0 Å². The maximum atomic E-state index is 12.8. The summed E-state index contributed by atoms with van der Waals surface area (Å²) in [6.07, 6.45) is 46.7. The fraction of sp³-hybridized carbons (Fsp3) is 0.694. The van der Waals surface area contributed by atoms with Crippen LogP contribution in [0.2, 0.25) is 0 Å². The number of carboxylic acid groups (broad SMARTS) is 1. The predicted octanol–water partition coefficient (Wildman–Crippen LogP) is 11.9. The summed E-state index contributed by atoms with van der Waals surface area (Å²) in [6.45, 7) is 4.67. The minimum absolute atomic E-state index is 0.176. The fourth-order valence-corrected chi connectivity index (χ4v) is 5.68. The van der Waals surface area contributed by atoms with Crippen molar-refractivity contribution in [1.82, 2.24) is 0 Å². The van der Waals surface area contributed by atoms with Crippen LogP contribution in [0.1, 0.15) is 162 Å². The summed E-state index contributed by atoms with van der Waals surface area (Å²) in [4.78, 5) is 37.1. The smallest absolute Gasteiger partial charge is 0.361 e. The number of carboxylic acids is 1. The van der Waals surface area contributed by atoms with Crippen LogP contribution >= 0.6 is 0 Å². The van der Waals surface area contributed by atoms with Gasteiger partial charge in [-0.1, -0.05) is 138 Å². The number of ether oxygens (including phenoxy) is 4. The molecule has 2 unspecified atom stereocenters. The molecule has 9 nitrogen and oxygen atoms in total. The van der Waals surface area contributed by atoms with E-state index in [1.165, 1.54) is 38.5 Å². The number of esters is 2. The zero-order valence-corrected chi connectivity index (χ0v) is 37.4. The zero-order valence-electron chi connectivity index (χ0n) is 37.4. The van der Waals surface area contributed by atoms with Crippen molar-refractivity contribution >= 4 is 17.9 Å². The molecule has 0 heterocycles. The third kappa shape index (κ3) is 40.9. The number of likely N-dealkylation sites (N-methyl/N-ethyl adjacent to an activating group) is 1. The SMILES string of the molecule is CC/C=C\C/C=C\C/C=C\C/C=C\C/C=C\CCCCCC(=O)OC(COC(=O)CCCCCCC/C=C\CCCCCCC)COC(OCC[N+](C)(C)C)C(=O)O. The van der Waals surface area contributed by atoms with Crippen molar-refractivity contribution in [3.05, 3.63) is 72.9 Å². The molecule has 332 valence electrons. The standard InChI is InChI=1S/C49H83NO8/c1-6-8-10-12-14-16-18-20-22-23-24-25-26-28-30-32-34-36-38-40-47(52)58-45(44-57-49(48(53)54)55-42-41-50(3,4)5)43-56-46(51)39-37-35-33-31-29-27-21-19-17-15-13-11-9-7-2/h8,10,14,16,19-22,24-25,28,30,45,49H,6-7,9,11-13,15,17-18,23,26-27,29,31-44H2,1-5H3/p+1/b10-8-,16-14-,21-19-,22-20-,25-24-,30-28-. The Hall–Kier alpha value is -3.27. The second-order valence-corrected chi connectivity index (χ2v) is 16.0. The molecule has 0 saturated carbocycles. The number of carbonyl (C=O) groups is 3. The van der Waals surface area contributed by atoms with Crippen molar-refractivity contribution < 1.29 is 42.9 Å². The molecular formula is C49H84NO8+. The summed E-state index contributed by atoms with van der Waals surface area (Å²) in [5, 5.41) is 9.63. The average Bonchev–Trinajstić information content (AvgIpc) is 3.18. The molecule has 9 heteroatoms. The summed E-state index contributed by atoms with van der Waals surface area (Å²) >= 11 is 0. The zero-order chi connectivity index (χ0) is 42.8. The number of allylic oxidation sites excluding steroid dienone is 12. The molecule has 1 N–H and O–H groups in total. The molecule has 0 rings (SSSR count). The summed E-state index contributed by atoms with van der Waals surface area (Å²) in [6, 6.07) is 0. The Morgan fingerprint density at radius 2 is 0.983 bits per heavy atom. The van der Waals surface area contributed by atoms with Gasteiger partial charge in [0.2, 0.25) is 0 Å². The molecule has 0 bridgehead atoms. The molecule has 0 aromatic carbocycles. The average molecular weight is 815 g/mol. The number of nitrogens with zero attached hydrogens (tertiary/aromatic N) is 1. The lowest BCUT2D eigenvalue weighted by atomic mass is 10.1. The Morgan fingerprint density at radius 1 is 0.534 bits per heavy atom. The van der Waals surface area contributed by atoms with Gasteiger partial charge in [0.1, 0.15) is 13.2 Å². The van der Waals surface area contributed by atoms with Crippen LogP contribution in [0.3, 0.4) is 0 Å². The number of quaternary nitrogens is 1. The lowest BCUT2D eigenvalue weighted by Crippen LogP contribution is -2.40. The minimum Gasteiger partial charge on any atom is -0.477 e. The second kappa shape index (κ2) is 40.5. The fourth-order valence-electron chi connectivity index (χ4n) is 5.68. The third-order valence-corrected chi connectivity index (χ3v) is 9.20. The molecule has 0 fully saturated rings. The molecular weight excluding hydrogens is 731 g/mol. The molecule has 0 aromatic rings. The van der Waals surface area contributed by atoms with Gasteiger partial charge in [0, 0.05) is 12.8 Å². The Labute approximate surface area is 354 Å². The van der Waals surface area contributed by atoms with E-state index < -0.39 is 24.3 Å². The highest BCUT2D eigenvalue weighted by Gasteiger charge is 2.25. The van der Waals surface area contributed by atoms with E-state index in [2.05, 4.69) is 86.8 Å². The number of carbonyl (C=O) groups excluding carboxylic acids is 2. The highest BCUT2D eigenvalue weighted by atomic mass is 16.7. The number of rotatable bonds is 40. The van der Waals surface area contributed by atoms with Crippen LogP contribution in [0.15, 0.2) is 72.9 Å². The Balaban J connectivity index is 4.53. The maximum absolute atomic E-state index is 12.8. The van der Waals surface area contributed by atoms with E-state index in [1.54, 1.807) is 0 Å². The van der Waals surface area contributed by atoms with Gasteiger partial charge in [-0.05, 0) is 83.5 Å². The van der Waals surface area contributed by atoms with Crippen LogP contribution in [0.25, 0.3) is 0 Å².